The minimum Gasteiger partial charge on any atom is -0.481 e. The highest BCUT2D eigenvalue weighted by atomic mass is 16.4. The first-order chi connectivity index (χ1) is 38.8. The van der Waals surface area contributed by atoms with Crippen LogP contribution in [0.25, 0.3) is 0 Å². The molecule has 426 valence electrons. The molecule has 0 fully saturated rings. The lowest BCUT2D eigenvalue weighted by atomic mass is 9.80. The van der Waals surface area contributed by atoms with Crippen molar-refractivity contribution in [2.24, 2.45) is 9.98 Å². The highest BCUT2D eigenvalue weighted by molar-refractivity contribution is 6.03. The van der Waals surface area contributed by atoms with Gasteiger partial charge in [-0.25, -0.2) is 4.98 Å². The number of rotatable bonds is 22. The second-order valence-corrected chi connectivity index (χ2v) is 23.3. The highest BCUT2D eigenvalue weighted by Crippen LogP contribution is 2.44. The molecule has 0 saturated carbocycles. The average molecular weight is 1100 g/mol. The lowest BCUT2D eigenvalue weighted by molar-refractivity contribution is -0.139. The molecule has 0 aliphatic carbocycles. The molecule has 4 atom stereocenters. The fourth-order valence-corrected chi connectivity index (χ4v) is 10.7. The molecule has 7 rings (SSSR count). The van der Waals surface area contributed by atoms with Gasteiger partial charge < -0.3 is 20.4 Å². The zero-order valence-corrected chi connectivity index (χ0v) is 49.8. The normalized spacial score (nSPS) is 14.4. The molecule has 11 heteroatoms. The lowest BCUT2D eigenvalue weighted by Crippen LogP contribution is -2.11. The van der Waals surface area contributed by atoms with Crippen molar-refractivity contribution in [3.05, 3.63) is 229 Å². The van der Waals surface area contributed by atoms with Gasteiger partial charge in [0.25, 0.3) is 0 Å². The summed E-state index contributed by atoms with van der Waals surface area (Å²) in [4.78, 5) is 63.9. The number of nitrogens with zero attached hydrogens (tertiary/aromatic N) is 3. The fraction of sp³-hybridized carbons (Fsp3) is 0.338. The topological polar surface area (TPSA) is 187 Å². The summed E-state index contributed by atoms with van der Waals surface area (Å²) >= 11 is 0. The minimum atomic E-state index is -0.895. The Morgan fingerprint density at radius 1 is 0.329 bits per heavy atom. The SMILES string of the molecule is CC(=Nc1c(C(C)C)cc(C(c2ccc(C(C)C(=O)O)cc2)c2ccc(C(C)C(=O)O)cc2)cc1C(C)C)c1cccc(C(C)=Nc2c(C(C)C)cc(C(c3ccc(C(C)C(=O)O)cc3)c3ccc(C(C)C(=O)O)cc3)cc2C(C)C)n1. The molecule has 0 amide bonds. The molecule has 0 bridgehead atoms. The van der Waals surface area contributed by atoms with Gasteiger partial charge >= 0.3 is 23.9 Å². The second kappa shape index (κ2) is 26.1. The van der Waals surface area contributed by atoms with Crippen molar-refractivity contribution >= 4 is 46.7 Å². The van der Waals surface area contributed by atoms with Crippen molar-refractivity contribution in [1.82, 2.24) is 4.98 Å². The maximum absolute atomic E-state index is 11.9. The van der Waals surface area contributed by atoms with E-state index >= 15 is 0 Å². The van der Waals surface area contributed by atoms with E-state index in [9.17, 15) is 39.6 Å². The maximum Gasteiger partial charge on any atom is 0.310 e. The standard InChI is InChI=1S/C71H79N3O8/c1-38(2)58-34-56(64(52-26-18-48(19-27-52)42(9)68(75)76)53-28-20-49(21-29-53)43(10)69(77)78)35-59(39(3)4)66(58)72-46(13)62-16-15-17-63(74-62)47(14)73-67-60(40(5)6)36-57(37-61(67)41(7)8)65(54-30-22-50(23-31-54)44(11)70(79)80)55-32-24-51(25-33-55)45(12)71(81)82/h15-45,64-65H,1-14H3,(H,75,76)(H,77,78)(H,79,80)(H,81,82). The lowest BCUT2D eigenvalue weighted by Gasteiger charge is -2.25. The van der Waals surface area contributed by atoms with Crippen molar-refractivity contribution in [1.29, 1.82) is 0 Å². The quantitative estimate of drug-likeness (QED) is 0.0378. The van der Waals surface area contributed by atoms with Crippen molar-refractivity contribution < 1.29 is 39.6 Å². The van der Waals surface area contributed by atoms with Crippen LogP contribution in [-0.4, -0.2) is 60.7 Å². The number of carbonyl (C=O) groups is 4. The van der Waals surface area contributed by atoms with E-state index in [1.54, 1.807) is 27.7 Å². The van der Waals surface area contributed by atoms with Crippen molar-refractivity contribution in [2.45, 2.75) is 156 Å². The summed E-state index contributed by atoms with van der Waals surface area (Å²) in [6.45, 7) is 28.1. The van der Waals surface area contributed by atoms with Crippen LogP contribution < -0.4 is 0 Å². The molecule has 82 heavy (non-hydrogen) atoms. The van der Waals surface area contributed by atoms with E-state index < -0.39 is 47.5 Å². The Morgan fingerprint density at radius 2 is 0.537 bits per heavy atom. The molecule has 0 saturated heterocycles. The molecule has 0 aliphatic heterocycles. The Morgan fingerprint density at radius 3 is 0.732 bits per heavy atom. The van der Waals surface area contributed by atoms with E-state index in [4.69, 9.17) is 15.0 Å². The van der Waals surface area contributed by atoms with E-state index in [0.717, 1.165) is 78.4 Å². The van der Waals surface area contributed by atoms with Gasteiger partial charge in [0.2, 0.25) is 0 Å². The molecule has 4 unspecified atom stereocenters. The molecular formula is C71H79N3O8. The molecule has 1 heterocycles. The summed E-state index contributed by atoms with van der Waals surface area (Å²) < 4.78 is 0. The third kappa shape index (κ3) is 13.7. The van der Waals surface area contributed by atoms with E-state index in [1.165, 1.54) is 0 Å². The monoisotopic (exact) mass is 1100 g/mol. The number of aliphatic imine (C=N–C) groups is 2. The first-order valence-corrected chi connectivity index (χ1v) is 28.5. The van der Waals surface area contributed by atoms with Crippen LogP contribution >= 0.6 is 0 Å². The Hall–Kier alpha value is -8.31. The van der Waals surface area contributed by atoms with Crippen LogP contribution in [0.1, 0.15) is 245 Å². The first kappa shape index (κ1) is 61.3. The average Bonchev–Trinajstić information content (AvgIpc) is 3.65. The number of aliphatic carboxylic acids is 4. The molecule has 7 aromatic rings. The van der Waals surface area contributed by atoms with Gasteiger partial charge in [0.05, 0.1) is 57.9 Å². The van der Waals surface area contributed by atoms with Crippen LogP contribution in [0.5, 0.6) is 0 Å². The molecule has 6 aromatic carbocycles. The first-order valence-electron chi connectivity index (χ1n) is 28.5. The van der Waals surface area contributed by atoms with Crippen LogP contribution in [0.15, 0.2) is 150 Å². The van der Waals surface area contributed by atoms with Gasteiger partial charge in [-0.1, -0.05) is 183 Å². The predicted octanol–water partition coefficient (Wildman–Crippen LogP) is 17.0. The van der Waals surface area contributed by atoms with E-state index in [2.05, 4.69) is 79.7 Å². The number of hydrogen-bond acceptors (Lipinski definition) is 7. The molecule has 0 spiro atoms. The van der Waals surface area contributed by atoms with Gasteiger partial charge in [0.1, 0.15) is 0 Å². The Kier molecular flexibility index (Phi) is 19.5. The summed E-state index contributed by atoms with van der Waals surface area (Å²) in [6, 6.07) is 45.9. The number of pyridine rings is 1. The number of aromatic nitrogens is 1. The van der Waals surface area contributed by atoms with E-state index in [0.29, 0.717) is 33.6 Å². The molecule has 11 nitrogen and oxygen atoms in total. The van der Waals surface area contributed by atoms with E-state index in [1.807, 2.05) is 129 Å². The Balaban J connectivity index is 1.31. The van der Waals surface area contributed by atoms with Crippen LogP contribution in [-0.2, 0) is 19.2 Å². The fourth-order valence-electron chi connectivity index (χ4n) is 10.7. The third-order valence-corrected chi connectivity index (χ3v) is 16.1. The number of benzene rings is 6. The zero-order valence-electron chi connectivity index (χ0n) is 49.8. The van der Waals surface area contributed by atoms with Crippen LogP contribution in [0, 0.1) is 0 Å². The smallest absolute Gasteiger partial charge is 0.310 e. The van der Waals surface area contributed by atoms with Crippen molar-refractivity contribution in [3.8, 4) is 0 Å². The van der Waals surface area contributed by atoms with Crippen LogP contribution in [0.2, 0.25) is 0 Å². The van der Waals surface area contributed by atoms with Crippen molar-refractivity contribution in [2.75, 3.05) is 0 Å². The summed E-state index contributed by atoms with van der Waals surface area (Å²) in [7, 11) is 0. The van der Waals surface area contributed by atoms with Gasteiger partial charge in [-0.2, -0.15) is 0 Å². The molecule has 0 radical (unpaired) electrons. The zero-order chi connectivity index (χ0) is 60.0. The Labute approximate surface area is 484 Å². The van der Waals surface area contributed by atoms with Gasteiger partial charge in [0.15, 0.2) is 0 Å². The largest absolute Gasteiger partial charge is 0.481 e. The summed E-state index contributed by atoms with van der Waals surface area (Å²) in [5.74, 6) is -6.49. The number of carboxylic acid groups (broad SMARTS) is 4. The van der Waals surface area contributed by atoms with Gasteiger partial charge in [-0.05, 0) is 155 Å². The van der Waals surface area contributed by atoms with E-state index in [-0.39, 0.29) is 35.5 Å². The third-order valence-electron chi connectivity index (χ3n) is 16.1. The molecule has 1 aromatic heterocycles. The number of carboxylic acids is 4. The van der Waals surface area contributed by atoms with Crippen LogP contribution in [0.3, 0.4) is 0 Å². The summed E-state index contributed by atoms with van der Waals surface area (Å²) in [6.07, 6.45) is 0. The second-order valence-electron chi connectivity index (χ2n) is 23.3. The Bertz CT molecular complexity index is 3100. The maximum atomic E-state index is 11.9. The summed E-state index contributed by atoms with van der Waals surface area (Å²) in [5.41, 5.74) is 17.7. The highest BCUT2D eigenvalue weighted by Gasteiger charge is 2.28. The van der Waals surface area contributed by atoms with Gasteiger partial charge in [-0.3, -0.25) is 29.2 Å². The predicted molar refractivity (Wildman–Crippen MR) is 329 cm³/mol. The van der Waals surface area contributed by atoms with Gasteiger partial charge in [-0.15, -0.1) is 0 Å². The van der Waals surface area contributed by atoms with Crippen LogP contribution in [0.4, 0.5) is 11.4 Å². The molecule has 0 aliphatic rings. The molecular weight excluding hydrogens is 1020 g/mol. The molecule has 4 N–H and O–H groups in total. The summed E-state index contributed by atoms with van der Waals surface area (Å²) in [5, 5.41) is 39.2. The van der Waals surface area contributed by atoms with Crippen molar-refractivity contribution in [3.63, 3.8) is 0 Å². The minimum absolute atomic E-state index is 0.0734. The van der Waals surface area contributed by atoms with Gasteiger partial charge in [0, 0.05) is 11.8 Å². The number of hydrogen-bond donors (Lipinski definition) is 4.